The molecule has 0 radical (unpaired) electrons. The minimum atomic E-state index is -0.391. The Morgan fingerprint density at radius 2 is 1.94 bits per heavy atom. The summed E-state index contributed by atoms with van der Waals surface area (Å²) >= 11 is 0. The SMILES string of the molecule is N#Cc1ccc(C(=O)NC(C#N)C2CC2)cc1. The fourth-order valence-electron chi connectivity index (χ4n) is 1.61. The lowest BCUT2D eigenvalue weighted by Crippen LogP contribution is -2.35. The van der Waals surface area contributed by atoms with Gasteiger partial charge in [0, 0.05) is 5.56 Å². The molecule has 0 heterocycles. The summed E-state index contributed by atoms with van der Waals surface area (Å²) in [6.45, 7) is 0. The van der Waals surface area contributed by atoms with Crippen LogP contribution in [0.25, 0.3) is 0 Å². The summed E-state index contributed by atoms with van der Waals surface area (Å²) in [7, 11) is 0. The smallest absolute Gasteiger partial charge is 0.252 e. The van der Waals surface area contributed by atoms with Gasteiger partial charge in [-0.25, -0.2) is 0 Å². The van der Waals surface area contributed by atoms with Gasteiger partial charge in [0.2, 0.25) is 0 Å². The summed E-state index contributed by atoms with van der Waals surface area (Å²) in [6, 6.07) is 10.1. The van der Waals surface area contributed by atoms with Crippen LogP contribution in [-0.2, 0) is 0 Å². The van der Waals surface area contributed by atoms with Crippen LogP contribution < -0.4 is 5.32 Å². The van der Waals surface area contributed by atoms with Gasteiger partial charge in [0.15, 0.2) is 0 Å². The lowest BCUT2D eigenvalue weighted by molar-refractivity contribution is 0.0942. The van der Waals surface area contributed by atoms with E-state index in [2.05, 4.69) is 11.4 Å². The van der Waals surface area contributed by atoms with E-state index in [9.17, 15) is 4.79 Å². The van der Waals surface area contributed by atoms with Crippen molar-refractivity contribution in [3.63, 3.8) is 0 Å². The predicted octanol–water partition coefficient (Wildman–Crippen LogP) is 1.59. The molecule has 84 valence electrons. The second kappa shape index (κ2) is 4.67. The molecule has 0 aliphatic heterocycles. The Morgan fingerprint density at radius 1 is 1.29 bits per heavy atom. The molecule has 0 aromatic heterocycles. The molecule has 1 aromatic rings. The van der Waals surface area contributed by atoms with Crippen molar-refractivity contribution in [2.45, 2.75) is 18.9 Å². The van der Waals surface area contributed by atoms with Crippen molar-refractivity contribution in [1.29, 1.82) is 10.5 Å². The van der Waals surface area contributed by atoms with Gasteiger partial charge in [-0.2, -0.15) is 10.5 Å². The van der Waals surface area contributed by atoms with Crippen LogP contribution in [0.3, 0.4) is 0 Å². The number of carbonyl (C=O) groups is 1. The molecular formula is C13H11N3O. The number of nitrogens with one attached hydrogen (secondary N) is 1. The Hall–Kier alpha value is -2.33. The maximum absolute atomic E-state index is 11.8. The standard InChI is InChI=1S/C13H11N3O/c14-7-9-1-3-11(4-2-9)13(17)16-12(8-15)10-5-6-10/h1-4,10,12H,5-6H2,(H,16,17). The number of nitrogens with zero attached hydrogens (tertiary/aromatic N) is 2. The van der Waals surface area contributed by atoms with Crippen LogP contribution in [0.15, 0.2) is 24.3 Å². The molecule has 1 unspecified atom stereocenters. The third-order valence-corrected chi connectivity index (χ3v) is 2.80. The molecule has 1 aliphatic carbocycles. The van der Waals surface area contributed by atoms with Gasteiger partial charge in [0.25, 0.3) is 5.91 Å². The molecule has 17 heavy (non-hydrogen) atoms. The first kappa shape index (κ1) is 11.2. The first-order valence-electron chi connectivity index (χ1n) is 5.45. The summed E-state index contributed by atoms with van der Waals surface area (Å²) in [4.78, 5) is 11.8. The Kier molecular flexibility index (Phi) is 3.07. The molecule has 0 bridgehead atoms. The summed E-state index contributed by atoms with van der Waals surface area (Å²) < 4.78 is 0. The van der Waals surface area contributed by atoms with E-state index in [0.717, 1.165) is 12.8 Å². The summed E-state index contributed by atoms with van der Waals surface area (Å²) in [5.41, 5.74) is 0.991. The van der Waals surface area contributed by atoms with E-state index in [1.807, 2.05) is 6.07 Å². The quantitative estimate of drug-likeness (QED) is 0.848. The normalized spacial score (nSPS) is 15.4. The highest BCUT2D eigenvalue weighted by atomic mass is 16.1. The van der Waals surface area contributed by atoms with Crippen LogP contribution in [0.2, 0.25) is 0 Å². The third-order valence-electron chi connectivity index (χ3n) is 2.80. The van der Waals surface area contributed by atoms with Crippen molar-refractivity contribution in [3.8, 4) is 12.1 Å². The first-order valence-corrected chi connectivity index (χ1v) is 5.45. The van der Waals surface area contributed by atoms with Crippen LogP contribution >= 0.6 is 0 Å². The van der Waals surface area contributed by atoms with Crippen LogP contribution in [0.4, 0.5) is 0 Å². The number of hydrogen-bond donors (Lipinski definition) is 1. The average molecular weight is 225 g/mol. The molecule has 1 fully saturated rings. The zero-order valence-electron chi connectivity index (χ0n) is 9.18. The van der Waals surface area contributed by atoms with E-state index in [4.69, 9.17) is 10.5 Å². The number of nitriles is 2. The monoisotopic (exact) mass is 225 g/mol. The molecule has 1 aliphatic rings. The predicted molar refractivity (Wildman–Crippen MR) is 60.7 cm³/mol. The number of benzene rings is 1. The van der Waals surface area contributed by atoms with Crippen molar-refractivity contribution >= 4 is 5.91 Å². The van der Waals surface area contributed by atoms with Gasteiger partial charge in [-0.05, 0) is 43.0 Å². The van der Waals surface area contributed by atoms with Crippen molar-refractivity contribution in [1.82, 2.24) is 5.32 Å². The van der Waals surface area contributed by atoms with E-state index in [-0.39, 0.29) is 5.91 Å². The third kappa shape index (κ3) is 2.62. The maximum Gasteiger partial charge on any atom is 0.252 e. The van der Waals surface area contributed by atoms with Crippen molar-refractivity contribution in [2.24, 2.45) is 5.92 Å². The molecule has 1 saturated carbocycles. The maximum atomic E-state index is 11.8. The van der Waals surface area contributed by atoms with Crippen molar-refractivity contribution < 1.29 is 4.79 Å². The molecule has 0 saturated heterocycles. The Morgan fingerprint density at radius 3 is 2.41 bits per heavy atom. The number of carbonyl (C=O) groups excluding carboxylic acids is 1. The summed E-state index contributed by atoms with van der Waals surface area (Å²) in [5, 5.41) is 20.2. The van der Waals surface area contributed by atoms with Gasteiger partial charge < -0.3 is 5.32 Å². The van der Waals surface area contributed by atoms with Crippen molar-refractivity contribution in [3.05, 3.63) is 35.4 Å². The van der Waals surface area contributed by atoms with Gasteiger partial charge in [-0.3, -0.25) is 4.79 Å². The van der Waals surface area contributed by atoms with Crippen LogP contribution in [0, 0.1) is 28.6 Å². The Labute approximate surface area is 99.5 Å². The van der Waals surface area contributed by atoms with Crippen molar-refractivity contribution in [2.75, 3.05) is 0 Å². The lowest BCUT2D eigenvalue weighted by atomic mass is 10.1. The van der Waals surface area contributed by atoms with E-state index in [1.54, 1.807) is 24.3 Å². The molecule has 2 rings (SSSR count). The minimum Gasteiger partial charge on any atom is -0.336 e. The molecule has 1 N–H and O–H groups in total. The number of rotatable bonds is 3. The zero-order chi connectivity index (χ0) is 12.3. The minimum absolute atomic E-state index is 0.257. The fourth-order valence-corrected chi connectivity index (χ4v) is 1.61. The van der Waals surface area contributed by atoms with Gasteiger partial charge in [0.1, 0.15) is 6.04 Å². The fraction of sp³-hybridized carbons (Fsp3) is 0.308. The van der Waals surface area contributed by atoms with E-state index < -0.39 is 6.04 Å². The van der Waals surface area contributed by atoms with E-state index >= 15 is 0 Å². The second-order valence-corrected chi connectivity index (χ2v) is 4.11. The summed E-state index contributed by atoms with van der Waals surface area (Å²) in [5.74, 6) is 0.0512. The Bertz CT molecular complexity index is 503. The highest BCUT2D eigenvalue weighted by Crippen LogP contribution is 2.32. The highest BCUT2D eigenvalue weighted by Gasteiger charge is 2.32. The van der Waals surface area contributed by atoms with Gasteiger partial charge in [-0.15, -0.1) is 0 Å². The van der Waals surface area contributed by atoms with Gasteiger partial charge in [-0.1, -0.05) is 0 Å². The summed E-state index contributed by atoms with van der Waals surface area (Å²) in [6.07, 6.45) is 2.01. The number of amides is 1. The zero-order valence-corrected chi connectivity index (χ0v) is 9.18. The van der Waals surface area contributed by atoms with E-state index in [1.165, 1.54) is 0 Å². The molecule has 1 atom stereocenters. The topological polar surface area (TPSA) is 76.7 Å². The van der Waals surface area contributed by atoms with Crippen LogP contribution in [0.5, 0.6) is 0 Å². The molecule has 1 aromatic carbocycles. The number of hydrogen-bond acceptors (Lipinski definition) is 3. The molecular weight excluding hydrogens is 214 g/mol. The van der Waals surface area contributed by atoms with E-state index in [0.29, 0.717) is 17.0 Å². The molecule has 0 spiro atoms. The van der Waals surface area contributed by atoms with Gasteiger partial charge in [0.05, 0.1) is 17.7 Å². The Balaban J connectivity index is 2.04. The first-order chi connectivity index (χ1) is 8.24. The van der Waals surface area contributed by atoms with Crippen LogP contribution in [0.1, 0.15) is 28.8 Å². The largest absolute Gasteiger partial charge is 0.336 e. The molecule has 4 nitrogen and oxygen atoms in total. The van der Waals surface area contributed by atoms with Crippen LogP contribution in [-0.4, -0.2) is 11.9 Å². The molecule has 4 heteroatoms. The second-order valence-electron chi connectivity index (χ2n) is 4.11. The average Bonchev–Trinajstić information content (AvgIpc) is 3.20. The highest BCUT2D eigenvalue weighted by molar-refractivity contribution is 5.94. The lowest BCUT2D eigenvalue weighted by Gasteiger charge is -2.10. The molecule has 1 amide bonds. The van der Waals surface area contributed by atoms with Gasteiger partial charge >= 0.3 is 0 Å².